The van der Waals surface area contributed by atoms with Gasteiger partial charge in [0.05, 0.1) is 22.8 Å². The van der Waals surface area contributed by atoms with Crippen molar-refractivity contribution in [3.63, 3.8) is 0 Å². The molecule has 2 aromatic carbocycles. The summed E-state index contributed by atoms with van der Waals surface area (Å²) in [6.07, 6.45) is 0.0654. The van der Waals surface area contributed by atoms with E-state index >= 15 is 0 Å². The first-order valence-electron chi connectivity index (χ1n) is 8.18. The van der Waals surface area contributed by atoms with Crippen molar-refractivity contribution >= 4 is 38.5 Å². The van der Waals surface area contributed by atoms with Crippen LogP contribution in [0.3, 0.4) is 0 Å². The molecule has 0 spiro atoms. The second-order valence-corrected chi connectivity index (χ2v) is 7.98. The summed E-state index contributed by atoms with van der Waals surface area (Å²) in [5, 5.41) is 12.3. The molecular formula is C19H22BrNO4. The third-order valence-corrected chi connectivity index (χ3v) is 5.00. The van der Waals surface area contributed by atoms with E-state index in [-0.39, 0.29) is 11.9 Å². The van der Waals surface area contributed by atoms with Gasteiger partial charge in [-0.15, -0.1) is 0 Å². The van der Waals surface area contributed by atoms with E-state index in [0.717, 1.165) is 16.3 Å². The van der Waals surface area contributed by atoms with Crippen LogP contribution in [0.5, 0.6) is 5.75 Å². The first-order chi connectivity index (χ1) is 11.7. The number of carbonyl (C=O) groups is 1. The van der Waals surface area contributed by atoms with Gasteiger partial charge in [-0.25, -0.2) is 4.79 Å². The normalized spacial score (nSPS) is 17.5. The Morgan fingerprint density at radius 3 is 2.52 bits per heavy atom. The maximum absolute atomic E-state index is 12.8. The molecule has 3 rings (SSSR count). The summed E-state index contributed by atoms with van der Waals surface area (Å²) in [6.45, 7) is 5.86. The Balaban J connectivity index is 2.21. The number of phenols is 1. The molecule has 1 aliphatic heterocycles. The number of benzene rings is 2. The number of carbonyl (C=O) groups excluding carboxylic acids is 1. The van der Waals surface area contributed by atoms with Gasteiger partial charge < -0.3 is 14.6 Å². The molecule has 25 heavy (non-hydrogen) atoms. The van der Waals surface area contributed by atoms with E-state index in [1.165, 1.54) is 0 Å². The maximum Gasteiger partial charge on any atom is 0.414 e. The molecule has 1 heterocycles. The van der Waals surface area contributed by atoms with Crippen molar-refractivity contribution in [1.29, 1.82) is 0 Å². The molecule has 1 amide bonds. The number of methoxy groups -OCH3 is 1. The number of rotatable bonds is 1. The minimum absolute atomic E-state index is 0.124. The summed E-state index contributed by atoms with van der Waals surface area (Å²) in [4.78, 5) is 14.3. The lowest BCUT2D eigenvalue weighted by atomic mass is 9.93. The predicted octanol–water partition coefficient (Wildman–Crippen LogP) is 4.62. The Morgan fingerprint density at radius 1 is 1.28 bits per heavy atom. The zero-order valence-electron chi connectivity index (χ0n) is 14.8. The van der Waals surface area contributed by atoms with Gasteiger partial charge in [0, 0.05) is 18.9 Å². The summed E-state index contributed by atoms with van der Waals surface area (Å²) in [5.41, 5.74) is 1.01. The van der Waals surface area contributed by atoms with Crippen molar-refractivity contribution < 1.29 is 19.4 Å². The lowest BCUT2D eigenvalue weighted by Crippen LogP contribution is -2.45. The largest absolute Gasteiger partial charge is 0.506 e. The highest BCUT2D eigenvalue weighted by Gasteiger charge is 2.35. The van der Waals surface area contributed by atoms with E-state index in [2.05, 4.69) is 15.9 Å². The average Bonchev–Trinajstić information content (AvgIpc) is 2.57. The molecule has 1 aliphatic rings. The number of anilines is 1. The molecule has 2 aromatic rings. The van der Waals surface area contributed by atoms with Crippen LogP contribution in [-0.2, 0) is 15.9 Å². The van der Waals surface area contributed by atoms with Crippen LogP contribution in [0.2, 0.25) is 0 Å². The van der Waals surface area contributed by atoms with Gasteiger partial charge in [0.25, 0.3) is 0 Å². The lowest BCUT2D eigenvalue weighted by Gasteiger charge is -2.36. The first-order valence-corrected chi connectivity index (χ1v) is 8.97. The molecule has 0 bridgehead atoms. The van der Waals surface area contributed by atoms with Gasteiger partial charge in [0.15, 0.2) is 0 Å². The molecule has 1 atom stereocenters. The van der Waals surface area contributed by atoms with Crippen LogP contribution in [0.4, 0.5) is 10.5 Å². The van der Waals surface area contributed by atoms with Crippen LogP contribution in [0.1, 0.15) is 26.3 Å². The van der Waals surface area contributed by atoms with E-state index in [1.807, 2.05) is 45.0 Å². The van der Waals surface area contributed by atoms with Crippen LogP contribution < -0.4 is 4.90 Å². The van der Waals surface area contributed by atoms with Crippen LogP contribution in [0.25, 0.3) is 10.8 Å². The third-order valence-electron chi connectivity index (χ3n) is 4.24. The number of hydrogen-bond donors (Lipinski definition) is 1. The summed E-state index contributed by atoms with van der Waals surface area (Å²) in [5.74, 6) is 0.124. The molecule has 6 heteroatoms. The Bertz CT molecular complexity index is 828. The van der Waals surface area contributed by atoms with Crippen LogP contribution >= 0.6 is 15.9 Å². The Labute approximate surface area is 155 Å². The molecule has 0 saturated carbocycles. The number of fused-ring (bicyclic) bond motifs is 3. The van der Waals surface area contributed by atoms with Crippen LogP contribution in [0.15, 0.2) is 28.7 Å². The Kier molecular flexibility index (Phi) is 4.68. The van der Waals surface area contributed by atoms with Gasteiger partial charge in [0.2, 0.25) is 0 Å². The highest BCUT2D eigenvalue weighted by molar-refractivity contribution is 9.10. The highest BCUT2D eigenvalue weighted by atomic mass is 79.9. The Hall–Kier alpha value is -1.79. The number of phenolic OH excluding ortho intramolecular Hbond substituents is 1. The third kappa shape index (κ3) is 3.33. The second kappa shape index (κ2) is 6.50. The molecular weight excluding hydrogens is 386 g/mol. The molecule has 0 unspecified atom stereocenters. The number of hydrogen-bond acceptors (Lipinski definition) is 4. The molecule has 134 valence electrons. The van der Waals surface area contributed by atoms with Crippen molar-refractivity contribution in [2.24, 2.45) is 0 Å². The van der Waals surface area contributed by atoms with Crippen molar-refractivity contribution in [2.45, 2.75) is 38.9 Å². The second-order valence-electron chi connectivity index (χ2n) is 7.19. The topological polar surface area (TPSA) is 59.0 Å². The summed E-state index contributed by atoms with van der Waals surface area (Å²) >= 11 is 3.48. The lowest BCUT2D eigenvalue weighted by molar-refractivity contribution is 0.0517. The smallest absolute Gasteiger partial charge is 0.414 e. The standard InChI is InChI=1S/C19H22BrNO4/c1-19(2,3)25-18(23)21-10-11(24-4)9-14-12-7-5-6-8-13(12)17(22)15(20)16(14)21/h5-8,11,22H,9-10H2,1-4H3/t11-/m0/s1. The van der Waals surface area contributed by atoms with Gasteiger partial charge in [-0.2, -0.15) is 0 Å². The molecule has 0 aliphatic carbocycles. The molecule has 0 radical (unpaired) electrons. The summed E-state index contributed by atoms with van der Waals surface area (Å²) < 4.78 is 11.6. The molecule has 1 N–H and O–H groups in total. The van der Waals surface area contributed by atoms with Gasteiger partial charge in [-0.3, -0.25) is 4.90 Å². The number of amides is 1. The quantitative estimate of drug-likeness (QED) is 0.748. The maximum atomic E-state index is 12.8. The zero-order valence-corrected chi connectivity index (χ0v) is 16.4. The predicted molar refractivity (Wildman–Crippen MR) is 101 cm³/mol. The minimum Gasteiger partial charge on any atom is -0.506 e. The number of aromatic hydroxyl groups is 1. The zero-order chi connectivity index (χ0) is 18.4. The van der Waals surface area contributed by atoms with Gasteiger partial charge in [-0.05, 0) is 47.7 Å². The first kappa shape index (κ1) is 18.0. The van der Waals surface area contributed by atoms with Crippen LogP contribution in [-0.4, -0.2) is 36.6 Å². The fraction of sp³-hybridized carbons (Fsp3) is 0.421. The van der Waals surface area contributed by atoms with Gasteiger partial charge in [-0.1, -0.05) is 24.3 Å². The molecule has 0 saturated heterocycles. The van der Waals surface area contributed by atoms with E-state index in [0.29, 0.717) is 23.1 Å². The molecule has 0 fully saturated rings. The van der Waals surface area contributed by atoms with E-state index < -0.39 is 11.7 Å². The van der Waals surface area contributed by atoms with Crippen molar-refractivity contribution in [3.8, 4) is 5.75 Å². The highest BCUT2D eigenvalue weighted by Crippen LogP contribution is 2.46. The van der Waals surface area contributed by atoms with Gasteiger partial charge >= 0.3 is 6.09 Å². The number of halogens is 1. The number of ether oxygens (including phenoxy) is 2. The Morgan fingerprint density at radius 2 is 1.92 bits per heavy atom. The fourth-order valence-corrected chi connectivity index (χ4v) is 3.83. The van der Waals surface area contributed by atoms with E-state index in [4.69, 9.17) is 9.47 Å². The average molecular weight is 408 g/mol. The summed E-state index contributed by atoms with van der Waals surface area (Å²) in [6, 6.07) is 7.61. The monoisotopic (exact) mass is 407 g/mol. The molecule has 5 nitrogen and oxygen atoms in total. The van der Waals surface area contributed by atoms with E-state index in [1.54, 1.807) is 12.0 Å². The minimum atomic E-state index is -0.609. The fourth-order valence-electron chi connectivity index (χ4n) is 3.16. The van der Waals surface area contributed by atoms with Crippen molar-refractivity contribution in [3.05, 3.63) is 34.3 Å². The molecule has 0 aromatic heterocycles. The number of nitrogens with zero attached hydrogens (tertiary/aromatic N) is 1. The SMILES string of the molecule is CO[C@H]1Cc2c(c(Br)c(O)c3ccccc23)N(C(=O)OC(C)(C)C)C1. The van der Waals surface area contributed by atoms with Gasteiger partial charge in [0.1, 0.15) is 11.4 Å². The van der Waals surface area contributed by atoms with Crippen LogP contribution in [0, 0.1) is 0 Å². The van der Waals surface area contributed by atoms with E-state index in [9.17, 15) is 9.90 Å². The summed E-state index contributed by atoms with van der Waals surface area (Å²) in [7, 11) is 1.64. The van der Waals surface area contributed by atoms with Crippen molar-refractivity contribution in [1.82, 2.24) is 0 Å². The van der Waals surface area contributed by atoms with Crippen molar-refractivity contribution in [2.75, 3.05) is 18.6 Å².